The van der Waals surface area contributed by atoms with Gasteiger partial charge in [0.15, 0.2) is 16.8 Å². The first-order valence-corrected chi connectivity index (χ1v) is 9.52. The lowest BCUT2D eigenvalue weighted by Crippen LogP contribution is -2.24. The maximum atomic E-state index is 13.4. The molecule has 4 heterocycles. The average molecular weight is 404 g/mol. The van der Waals surface area contributed by atoms with E-state index in [0.29, 0.717) is 30.7 Å². The lowest BCUT2D eigenvalue weighted by molar-refractivity contribution is 0.628. The number of rotatable bonds is 5. The van der Waals surface area contributed by atoms with Crippen LogP contribution in [0.15, 0.2) is 47.9 Å². The molecule has 0 spiro atoms. The number of benzene rings is 1. The van der Waals surface area contributed by atoms with Gasteiger partial charge >= 0.3 is 0 Å². The Balaban J connectivity index is 1.64. The van der Waals surface area contributed by atoms with E-state index in [1.807, 2.05) is 6.92 Å². The van der Waals surface area contributed by atoms with Crippen molar-refractivity contribution in [3.8, 4) is 11.1 Å². The summed E-state index contributed by atoms with van der Waals surface area (Å²) in [6, 6.07) is 6.14. The lowest BCUT2D eigenvalue weighted by atomic mass is 10.0. The van der Waals surface area contributed by atoms with E-state index >= 15 is 0 Å². The number of fused-ring (bicyclic) bond motifs is 3. The van der Waals surface area contributed by atoms with E-state index < -0.39 is 0 Å². The number of imidazole rings is 1. The van der Waals surface area contributed by atoms with Crippen molar-refractivity contribution in [1.29, 1.82) is 0 Å². The molecule has 0 saturated heterocycles. The number of hydrogen-bond donors (Lipinski definition) is 1. The van der Waals surface area contributed by atoms with Gasteiger partial charge in [-0.05, 0) is 24.1 Å². The molecule has 0 amide bonds. The van der Waals surface area contributed by atoms with Gasteiger partial charge in [0.1, 0.15) is 12.1 Å². The van der Waals surface area contributed by atoms with Crippen LogP contribution in [0, 0.1) is 5.82 Å². The van der Waals surface area contributed by atoms with Crippen molar-refractivity contribution in [2.45, 2.75) is 26.3 Å². The van der Waals surface area contributed by atoms with Crippen LogP contribution in [0.1, 0.15) is 18.3 Å². The number of nitrogens with zero attached hydrogens (tertiary/aromatic N) is 7. The van der Waals surface area contributed by atoms with E-state index in [1.165, 1.54) is 23.0 Å². The maximum absolute atomic E-state index is 13.4. The van der Waals surface area contributed by atoms with Crippen molar-refractivity contribution in [3.63, 3.8) is 0 Å². The monoisotopic (exact) mass is 404 g/mol. The summed E-state index contributed by atoms with van der Waals surface area (Å²) in [5, 5.41) is 13.1. The van der Waals surface area contributed by atoms with Crippen molar-refractivity contribution in [2.75, 3.05) is 0 Å². The summed E-state index contributed by atoms with van der Waals surface area (Å²) in [5.74, 6) is -0.317. The smallest absolute Gasteiger partial charge is 0.283 e. The molecular formula is C20H17FN8O. The highest BCUT2D eigenvalue weighted by molar-refractivity contribution is 5.83. The minimum absolute atomic E-state index is 0.144. The standard InChI is InChI=1S/C20H17FN8O/c1-2-15-16(12-3-5-13(21)6-4-12)18-26-25-17-19(29(18)27-15)24-11-28(20(17)30)8-7-14-9-22-10-23-14/h3-6,9-11H,2,7-8H2,1H3,(H,22,23). The molecule has 1 aromatic carbocycles. The Morgan fingerprint density at radius 2 is 1.97 bits per heavy atom. The van der Waals surface area contributed by atoms with E-state index in [0.717, 1.165) is 22.5 Å². The molecule has 150 valence electrons. The Morgan fingerprint density at radius 3 is 2.70 bits per heavy atom. The summed E-state index contributed by atoms with van der Waals surface area (Å²) in [6.07, 6.45) is 6.06. The highest BCUT2D eigenvalue weighted by atomic mass is 19.1. The van der Waals surface area contributed by atoms with Gasteiger partial charge in [0.05, 0.1) is 17.6 Å². The topological polar surface area (TPSA) is 107 Å². The molecule has 0 aliphatic rings. The number of hydrogen-bond acceptors (Lipinski definition) is 6. The van der Waals surface area contributed by atoms with Gasteiger partial charge in [0.25, 0.3) is 5.56 Å². The summed E-state index contributed by atoms with van der Waals surface area (Å²) in [5.41, 5.74) is 3.91. The van der Waals surface area contributed by atoms with Crippen LogP contribution in [0.3, 0.4) is 0 Å². The number of aromatic nitrogens is 8. The van der Waals surface area contributed by atoms with E-state index in [-0.39, 0.29) is 16.9 Å². The number of aryl methyl sites for hydroxylation is 3. The maximum Gasteiger partial charge on any atom is 0.283 e. The normalized spacial score (nSPS) is 11.5. The molecule has 0 bridgehead atoms. The quantitative estimate of drug-likeness (QED) is 0.481. The van der Waals surface area contributed by atoms with Gasteiger partial charge in [-0.1, -0.05) is 19.1 Å². The Labute approximate surface area is 169 Å². The first kappa shape index (κ1) is 18.1. The van der Waals surface area contributed by atoms with Crippen LogP contribution in [0.4, 0.5) is 4.39 Å². The molecule has 0 unspecified atom stereocenters. The van der Waals surface area contributed by atoms with Crippen molar-refractivity contribution in [2.24, 2.45) is 0 Å². The predicted octanol–water partition coefficient (Wildman–Crippen LogP) is 2.17. The fourth-order valence-electron chi connectivity index (χ4n) is 3.48. The van der Waals surface area contributed by atoms with Crippen LogP contribution in [-0.4, -0.2) is 39.3 Å². The third-order valence-corrected chi connectivity index (χ3v) is 5.02. The average Bonchev–Trinajstić information content (AvgIpc) is 3.41. The molecule has 0 aliphatic heterocycles. The summed E-state index contributed by atoms with van der Waals surface area (Å²) in [4.78, 5) is 24.3. The Kier molecular flexibility index (Phi) is 4.31. The highest BCUT2D eigenvalue weighted by Crippen LogP contribution is 2.28. The van der Waals surface area contributed by atoms with Crippen molar-refractivity contribution < 1.29 is 4.39 Å². The first-order valence-electron chi connectivity index (χ1n) is 9.52. The third-order valence-electron chi connectivity index (χ3n) is 5.02. The Bertz CT molecular complexity index is 1400. The molecule has 9 nitrogen and oxygen atoms in total. The molecule has 4 aromatic heterocycles. The molecule has 0 atom stereocenters. The fourth-order valence-corrected chi connectivity index (χ4v) is 3.48. The van der Waals surface area contributed by atoms with Gasteiger partial charge in [-0.15, -0.1) is 10.2 Å². The van der Waals surface area contributed by atoms with Gasteiger partial charge in [0.2, 0.25) is 0 Å². The second-order valence-corrected chi connectivity index (χ2v) is 6.86. The van der Waals surface area contributed by atoms with Gasteiger partial charge in [-0.25, -0.2) is 14.4 Å². The van der Waals surface area contributed by atoms with Crippen LogP contribution in [0.25, 0.3) is 27.9 Å². The van der Waals surface area contributed by atoms with Gasteiger partial charge in [-0.2, -0.15) is 9.61 Å². The second-order valence-electron chi connectivity index (χ2n) is 6.86. The summed E-state index contributed by atoms with van der Waals surface area (Å²) >= 11 is 0. The Hall–Kier alpha value is -3.95. The summed E-state index contributed by atoms with van der Waals surface area (Å²) in [6.45, 7) is 2.41. The van der Waals surface area contributed by atoms with Crippen LogP contribution in [-0.2, 0) is 19.4 Å². The van der Waals surface area contributed by atoms with Crippen LogP contribution >= 0.6 is 0 Å². The zero-order chi connectivity index (χ0) is 20.7. The lowest BCUT2D eigenvalue weighted by Gasteiger charge is -2.06. The number of halogens is 1. The van der Waals surface area contributed by atoms with E-state index in [2.05, 4.69) is 30.2 Å². The fraction of sp³-hybridized carbons (Fsp3) is 0.200. The zero-order valence-corrected chi connectivity index (χ0v) is 16.1. The molecule has 1 N–H and O–H groups in total. The van der Waals surface area contributed by atoms with E-state index in [4.69, 9.17) is 0 Å². The third kappa shape index (κ3) is 2.93. The summed E-state index contributed by atoms with van der Waals surface area (Å²) < 4.78 is 16.4. The van der Waals surface area contributed by atoms with Crippen LogP contribution in [0.5, 0.6) is 0 Å². The minimum atomic E-state index is -0.317. The molecule has 5 aromatic rings. The first-order chi connectivity index (χ1) is 14.7. The van der Waals surface area contributed by atoms with Crippen molar-refractivity contribution in [3.05, 3.63) is 70.7 Å². The van der Waals surface area contributed by atoms with E-state index in [1.54, 1.807) is 29.2 Å². The second kappa shape index (κ2) is 7.14. The van der Waals surface area contributed by atoms with Crippen LogP contribution in [0.2, 0.25) is 0 Å². The largest absolute Gasteiger partial charge is 0.348 e. The minimum Gasteiger partial charge on any atom is -0.348 e. The SMILES string of the molecule is CCc1nn2c(nnc3c(=O)n(CCc4cnc[nH]4)cnc32)c1-c1ccc(F)cc1. The molecule has 0 radical (unpaired) electrons. The van der Waals surface area contributed by atoms with Crippen molar-refractivity contribution >= 4 is 16.8 Å². The molecule has 0 aliphatic carbocycles. The van der Waals surface area contributed by atoms with Crippen molar-refractivity contribution in [1.82, 2.24) is 39.3 Å². The van der Waals surface area contributed by atoms with Crippen LogP contribution < -0.4 is 5.56 Å². The Morgan fingerprint density at radius 1 is 1.13 bits per heavy atom. The molecule has 0 fully saturated rings. The molecule has 30 heavy (non-hydrogen) atoms. The highest BCUT2D eigenvalue weighted by Gasteiger charge is 2.19. The van der Waals surface area contributed by atoms with Gasteiger partial charge in [0, 0.05) is 24.9 Å². The molecule has 5 rings (SSSR count). The molecule has 10 heteroatoms. The molecular weight excluding hydrogens is 387 g/mol. The van der Waals surface area contributed by atoms with Gasteiger partial charge in [-0.3, -0.25) is 9.36 Å². The van der Waals surface area contributed by atoms with Gasteiger partial charge < -0.3 is 4.98 Å². The summed E-state index contributed by atoms with van der Waals surface area (Å²) in [7, 11) is 0. The predicted molar refractivity (Wildman–Crippen MR) is 107 cm³/mol. The zero-order valence-electron chi connectivity index (χ0n) is 16.1. The number of nitrogens with one attached hydrogen (secondary N) is 1. The number of aromatic amines is 1. The van der Waals surface area contributed by atoms with E-state index in [9.17, 15) is 9.18 Å². The molecule has 0 saturated carbocycles. The number of H-pyrrole nitrogens is 1.